The van der Waals surface area contributed by atoms with Gasteiger partial charge in [-0.25, -0.2) is 0 Å². The molecular weight excluding hydrogens is 214 g/mol. The van der Waals surface area contributed by atoms with Gasteiger partial charge < -0.3 is 14.8 Å². The number of benzene rings is 1. The van der Waals surface area contributed by atoms with E-state index in [9.17, 15) is 0 Å². The number of hydrogen-bond donors (Lipinski definition) is 1. The lowest BCUT2D eigenvalue weighted by molar-refractivity contribution is 0.353. The molecule has 2 rings (SSSR count). The standard InChI is InChI=1S/C14H19NO2/c1-4-5-12-11-9-14(17-3)13(16-2)8-10(11)6-7-15-12/h4-5,8-9,12,15H,6-7H2,1-3H3/b5-4+. The fraction of sp³-hybridized carbons (Fsp3) is 0.429. The fourth-order valence-electron chi connectivity index (χ4n) is 2.28. The van der Waals surface area contributed by atoms with Crippen molar-refractivity contribution >= 4 is 0 Å². The molecule has 3 heteroatoms. The van der Waals surface area contributed by atoms with E-state index in [0.29, 0.717) is 0 Å². The Hall–Kier alpha value is -1.48. The van der Waals surface area contributed by atoms with Crippen molar-refractivity contribution in [3.8, 4) is 11.5 Å². The van der Waals surface area contributed by atoms with Crippen LogP contribution in [0.25, 0.3) is 0 Å². The van der Waals surface area contributed by atoms with Crippen molar-refractivity contribution in [2.75, 3.05) is 20.8 Å². The maximum Gasteiger partial charge on any atom is 0.161 e. The number of ether oxygens (including phenoxy) is 2. The second kappa shape index (κ2) is 5.23. The van der Waals surface area contributed by atoms with Crippen molar-refractivity contribution in [1.82, 2.24) is 5.32 Å². The topological polar surface area (TPSA) is 30.5 Å². The lowest BCUT2D eigenvalue weighted by atomic mass is 9.93. The minimum absolute atomic E-state index is 0.281. The zero-order chi connectivity index (χ0) is 12.3. The molecule has 1 N–H and O–H groups in total. The van der Waals surface area contributed by atoms with E-state index >= 15 is 0 Å². The van der Waals surface area contributed by atoms with Crippen molar-refractivity contribution in [3.05, 3.63) is 35.4 Å². The number of allylic oxidation sites excluding steroid dienone is 1. The summed E-state index contributed by atoms with van der Waals surface area (Å²) in [5, 5.41) is 3.48. The maximum absolute atomic E-state index is 5.35. The Balaban J connectivity index is 2.46. The highest BCUT2D eigenvalue weighted by atomic mass is 16.5. The smallest absolute Gasteiger partial charge is 0.161 e. The van der Waals surface area contributed by atoms with Gasteiger partial charge in [0.05, 0.1) is 20.3 Å². The highest BCUT2D eigenvalue weighted by molar-refractivity contribution is 5.50. The minimum Gasteiger partial charge on any atom is -0.493 e. The van der Waals surface area contributed by atoms with Gasteiger partial charge in [0.25, 0.3) is 0 Å². The third-order valence-corrected chi connectivity index (χ3v) is 3.12. The largest absolute Gasteiger partial charge is 0.493 e. The van der Waals surface area contributed by atoms with Crippen LogP contribution in [-0.4, -0.2) is 20.8 Å². The maximum atomic E-state index is 5.35. The molecular formula is C14H19NO2. The molecule has 0 fully saturated rings. The number of rotatable bonds is 3. The van der Waals surface area contributed by atoms with Crippen molar-refractivity contribution in [1.29, 1.82) is 0 Å². The quantitative estimate of drug-likeness (QED) is 0.813. The summed E-state index contributed by atoms with van der Waals surface area (Å²) in [5.41, 5.74) is 2.62. The highest BCUT2D eigenvalue weighted by Gasteiger charge is 2.20. The van der Waals surface area contributed by atoms with Gasteiger partial charge in [-0.1, -0.05) is 12.2 Å². The molecule has 1 aliphatic heterocycles. The van der Waals surface area contributed by atoms with E-state index in [1.807, 2.05) is 6.92 Å². The van der Waals surface area contributed by atoms with E-state index in [4.69, 9.17) is 9.47 Å². The van der Waals surface area contributed by atoms with E-state index in [0.717, 1.165) is 24.5 Å². The van der Waals surface area contributed by atoms with Gasteiger partial charge in [0.15, 0.2) is 11.5 Å². The molecule has 0 aromatic heterocycles. The van der Waals surface area contributed by atoms with Crippen molar-refractivity contribution in [2.24, 2.45) is 0 Å². The van der Waals surface area contributed by atoms with Crippen LogP contribution in [0.3, 0.4) is 0 Å². The molecule has 0 saturated carbocycles. The molecule has 0 radical (unpaired) electrons. The van der Waals surface area contributed by atoms with Crippen LogP contribution in [0.5, 0.6) is 11.5 Å². The second-order valence-corrected chi connectivity index (χ2v) is 4.11. The van der Waals surface area contributed by atoms with E-state index in [2.05, 4.69) is 29.6 Å². The van der Waals surface area contributed by atoms with Crippen LogP contribution in [0.1, 0.15) is 24.1 Å². The molecule has 92 valence electrons. The van der Waals surface area contributed by atoms with Gasteiger partial charge in [0, 0.05) is 6.54 Å². The van der Waals surface area contributed by atoms with Crippen molar-refractivity contribution in [2.45, 2.75) is 19.4 Å². The second-order valence-electron chi connectivity index (χ2n) is 4.11. The molecule has 1 unspecified atom stereocenters. The third-order valence-electron chi connectivity index (χ3n) is 3.12. The summed E-state index contributed by atoms with van der Waals surface area (Å²) in [5.74, 6) is 1.61. The number of hydrogen-bond acceptors (Lipinski definition) is 3. The summed E-state index contributed by atoms with van der Waals surface area (Å²) in [6, 6.07) is 4.44. The Bertz CT molecular complexity index is 426. The molecule has 1 aromatic rings. The van der Waals surface area contributed by atoms with E-state index in [1.54, 1.807) is 14.2 Å². The van der Waals surface area contributed by atoms with E-state index in [1.165, 1.54) is 11.1 Å². The predicted octanol–water partition coefficient (Wildman–Crippen LogP) is 2.47. The SMILES string of the molecule is C/C=C/C1NCCc2cc(OC)c(OC)cc21. The molecule has 1 aliphatic rings. The molecule has 1 aromatic carbocycles. The Morgan fingerprint density at radius 3 is 2.59 bits per heavy atom. The zero-order valence-electron chi connectivity index (χ0n) is 10.6. The van der Waals surface area contributed by atoms with Gasteiger partial charge in [0.1, 0.15) is 0 Å². The van der Waals surface area contributed by atoms with Crippen LogP contribution in [0.2, 0.25) is 0 Å². The lowest BCUT2D eigenvalue weighted by Crippen LogP contribution is -2.28. The van der Waals surface area contributed by atoms with Gasteiger partial charge in [-0.3, -0.25) is 0 Å². The van der Waals surface area contributed by atoms with Crippen LogP contribution >= 0.6 is 0 Å². The van der Waals surface area contributed by atoms with E-state index in [-0.39, 0.29) is 6.04 Å². The summed E-state index contributed by atoms with van der Waals surface area (Å²) < 4.78 is 10.7. The molecule has 3 nitrogen and oxygen atoms in total. The first kappa shape index (κ1) is 12.0. The zero-order valence-corrected chi connectivity index (χ0v) is 10.6. The van der Waals surface area contributed by atoms with Crippen LogP contribution in [0.4, 0.5) is 0 Å². The van der Waals surface area contributed by atoms with Gasteiger partial charge >= 0.3 is 0 Å². The predicted molar refractivity (Wildman–Crippen MR) is 68.8 cm³/mol. The Kier molecular flexibility index (Phi) is 3.69. The van der Waals surface area contributed by atoms with Crippen molar-refractivity contribution < 1.29 is 9.47 Å². The Morgan fingerprint density at radius 1 is 1.24 bits per heavy atom. The molecule has 1 atom stereocenters. The molecule has 17 heavy (non-hydrogen) atoms. The summed E-state index contributed by atoms with van der Waals surface area (Å²) in [4.78, 5) is 0. The fourth-order valence-corrected chi connectivity index (χ4v) is 2.28. The first-order chi connectivity index (χ1) is 8.30. The Morgan fingerprint density at radius 2 is 1.94 bits per heavy atom. The van der Waals surface area contributed by atoms with Gasteiger partial charge in [-0.15, -0.1) is 0 Å². The van der Waals surface area contributed by atoms with Crippen LogP contribution in [-0.2, 0) is 6.42 Å². The summed E-state index contributed by atoms with van der Waals surface area (Å²) in [6.45, 7) is 3.04. The highest BCUT2D eigenvalue weighted by Crippen LogP contribution is 2.35. The molecule has 0 spiro atoms. The normalized spacial score (nSPS) is 19.1. The van der Waals surface area contributed by atoms with Crippen molar-refractivity contribution in [3.63, 3.8) is 0 Å². The van der Waals surface area contributed by atoms with E-state index < -0.39 is 0 Å². The number of methoxy groups -OCH3 is 2. The molecule has 0 aliphatic carbocycles. The molecule has 1 heterocycles. The minimum atomic E-state index is 0.281. The van der Waals surface area contributed by atoms with Gasteiger partial charge in [0.2, 0.25) is 0 Å². The molecule has 0 bridgehead atoms. The number of fused-ring (bicyclic) bond motifs is 1. The number of nitrogens with one attached hydrogen (secondary N) is 1. The Labute approximate surface area is 102 Å². The van der Waals surface area contributed by atoms with Crippen LogP contribution in [0, 0.1) is 0 Å². The summed E-state index contributed by atoms with van der Waals surface area (Å²) in [7, 11) is 3.35. The first-order valence-corrected chi connectivity index (χ1v) is 5.91. The lowest BCUT2D eigenvalue weighted by Gasteiger charge is -2.26. The summed E-state index contributed by atoms with van der Waals surface area (Å²) >= 11 is 0. The summed E-state index contributed by atoms with van der Waals surface area (Å²) in [6.07, 6.45) is 5.27. The van der Waals surface area contributed by atoms with Gasteiger partial charge in [-0.2, -0.15) is 0 Å². The molecule has 0 saturated heterocycles. The molecule has 0 amide bonds. The monoisotopic (exact) mass is 233 g/mol. The van der Waals surface area contributed by atoms with Crippen LogP contribution in [0.15, 0.2) is 24.3 Å². The average Bonchev–Trinajstić information content (AvgIpc) is 2.38. The van der Waals surface area contributed by atoms with Gasteiger partial charge in [-0.05, 0) is 36.6 Å². The average molecular weight is 233 g/mol. The third kappa shape index (κ3) is 2.29. The first-order valence-electron chi connectivity index (χ1n) is 5.91. The van der Waals surface area contributed by atoms with Crippen LogP contribution < -0.4 is 14.8 Å².